The maximum Gasteiger partial charge on any atom is 0.344 e. The van der Waals surface area contributed by atoms with Gasteiger partial charge in [0.25, 0.3) is 11.8 Å². The lowest BCUT2D eigenvalue weighted by atomic mass is 9.93. The summed E-state index contributed by atoms with van der Waals surface area (Å²) in [7, 11) is 0. The second kappa shape index (κ2) is 6.84. The zero-order chi connectivity index (χ0) is 19.7. The van der Waals surface area contributed by atoms with Crippen molar-refractivity contribution in [1.82, 2.24) is 20.7 Å². The van der Waals surface area contributed by atoms with Crippen LogP contribution in [0.25, 0.3) is 10.9 Å². The van der Waals surface area contributed by atoms with Gasteiger partial charge < -0.3 is 10.3 Å². The number of H-pyrrole nitrogens is 1. The summed E-state index contributed by atoms with van der Waals surface area (Å²) in [5, 5.41) is 4.20. The van der Waals surface area contributed by atoms with Crippen LogP contribution in [-0.4, -0.2) is 33.4 Å². The van der Waals surface area contributed by atoms with Gasteiger partial charge >= 0.3 is 6.03 Å². The molecule has 0 aliphatic carbocycles. The summed E-state index contributed by atoms with van der Waals surface area (Å²) < 4.78 is 0. The number of benzene rings is 2. The molecule has 1 unspecified atom stereocenters. The smallest absolute Gasteiger partial charge is 0.344 e. The summed E-state index contributed by atoms with van der Waals surface area (Å²) in [6.07, 6.45) is 2.63. The van der Waals surface area contributed by atoms with Crippen LogP contribution >= 0.6 is 0 Å². The van der Waals surface area contributed by atoms with Crippen LogP contribution in [0.5, 0.6) is 0 Å². The van der Waals surface area contributed by atoms with Gasteiger partial charge in [0.05, 0.1) is 5.56 Å². The molecule has 1 saturated heterocycles. The van der Waals surface area contributed by atoms with Gasteiger partial charge in [0.1, 0.15) is 5.54 Å². The molecule has 0 spiro atoms. The van der Waals surface area contributed by atoms with Crippen LogP contribution < -0.4 is 10.7 Å². The van der Waals surface area contributed by atoms with Crippen molar-refractivity contribution >= 4 is 28.7 Å². The molecule has 7 heteroatoms. The van der Waals surface area contributed by atoms with Crippen LogP contribution in [0.4, 0.5) is 4.79 Å². The standard InChI is InChI=1S/C21H20N4O3/c1-21(12-11-14-7-3-2-4-8-14)19(27)25(20(28)23-21)24-18(26)16-13-22-17-10-6-5-9-15(16)17/h2-10,13,22H,11-12H2,1H3,(H,23,28)(H,24,26). The first-order chi connectivity index (χ1) is 13.5. The number of aromatic amines is 1. The van der Waals surface area contributed by atoms with E-state index in [1.165, 1.54) is 0 Å². The second-order valence-electron chi connectivity index (χ2n) is 7.08. The van der Waals surface area contributed by atoms with Crippen molar-refractivity contribution in [2.45, 2.75) is 25.3 Å². The van der Waals surface area contributed by atoms with Crippen LogP contribution in [0.1, 0.15) is 29.3 Å². The Morgan fingerprint density at radius 1 is 1.07 bits per heavy atom. The number of hydrogen-bond donors (Lipinski definition) is 3. The van der Waals surface area contributed by atoms with Gasteiger partial charge in [-0.05, 0) is 31.4 Å². The van der Waals surface area contributed by atoms with E-state index in [0.717, 1.165) is 21.5 Å². The van der Waals surface area contributed by atoms with E-state index < -0.39 is 23.4 Å². The highest BCUT2D eigenvalue weighted by Crippen LogP contribution is 2.23. The van der Waals surface area contributed by atoms with E-state index in [1.807, 2.05) is 48.5 Å². The van der Waals surface area contributed by atoms with Crippen molar-refractivity contribution in [2.24, 2.45) is 0 Å². The number of rotatable bonds is 5. The zero-order valence-corrected chi connectivity index (χ0v) is 15.4. The molecule has 7 nitrogen and oxygen atoms in total. The monoisotopic (exact) mass is 376 g/mol. The molecular weight excluding hydrogens is 356 g/mol. The van der Waals surface area contributed by atoms with E-state index in [9.17, 15) is 14.4 Å². The maximum atomic E-state index is 12.8. The molecule has 1 aliphatic rings. The molecular formula is C21H20N4O3. The van der Waals surface area contributed by atoms with E-state index in [4.69, 9.17) is 0 Å². The highest BCUT2D eigenvalue weighted by Gasteiger charge is 2.48. The summed E-state index contributed by atoms with van der Waals surface area (Å²) in [4.78, 5) is 40.9. The Labute approximate surface area is 161 Å². The largest absolute Gasteiger partial charge is 0.360 e. The molecule has 0 saturated carbocycles. The van der Waals surface area contributed by atoms with Crippen molar-refractivity contribution in [3.05, 3.63) is 71.9 Å². The number of hydrazine groups is 1. The van der Waals surface area contributed by atoms with Gasteiger partial charge in [-0.15, -0.1) is 0 Å². The third-order valence-electron chi connectivity index (χ3n) is 5.06. The van der Waals surface area contributed by atoms with Gasteiger partial charge in [0.15, 0.2) is 0 Å². The number of para-hydroxylation sites is 1. The highest BCUT2D eigenvalue weighted by atomic mass is 16.2. The zero-order valence-electron chi connectivity index (χ0n) is 15.4. The lowest BCUT2D eigenvalue weighted by Crippen LogP contribution is -2.48. The molecule has 4 amide bonds. The number of aryl methyl sites for hydroxylation is 1. The van der Waals surface area contributed by atoms with Crippen molar-refractivity contribution in [2.75, 3.05) is 0 Å². The Kier molecular flexibility index (Phi) is 4.35. The summed E-state index contributed by atoms with van der Waals surface area (Å²) in [6.45, 7) is 1.67. The lowest BCUT2D eigenvalue weighted by Gasteiger charge is -2.21. The maximum absolute atomic E-state index is 12.8. The topological polar surface area (TPSA) is 94.3 Å². The Hall–Kier alpha value is -3.61. The van der Waals surface area contributed by atoms with Gasteiger partial charge in [-0.3, -0.25) is 15.0 Å². The van der Waals surface area contributed by atoms with E-state index in [1.54, 1.807) is 19.2 Å². The molecule has 2 heterocycles. The molecule has 28 heavy (non-hydrogen) atoms. The van der Waals surface area contributed by atoms with Crippen LogP contribution in [0, 0.1) is 0 Å². The van der Waals surface area contributed by atoms with Crippen molar-refractivity contribution < 1.29 is 14.4 Å². The first-order valence-electron chi connectivity index (χ1n) is 9.06. The molecule has 1 atom stereocenters. The van der Waals surface area contributed by atoms with Gasteiger partial charge in [-0.1, -0.05) is 48.5 Å². The number of carbonyl (C=O) groups is 3. The fraction of sp³-hybridized carbons (Fsp3) is 0.190. The third-order valence-corrected chi connectivity index (χ3v) is 5.06. The predicted molar refractivity (Wildman–Crippen MR) is 104 cm³/mol. The van der Waals surface area contributed by atoms with Gasteiger partial charge in [0.2, 0.25) is 0 Å². The van der Waals surface area contributed by atoms with Gasteiger partial charge in [-0.25, -0.2) is 4.79 Å². The SMILES string of the molecule is CC1(CCc2ccccc2)NC(=O)N(NC(=O)c2c[nH]c3ccccc23)C1=O. The Bertz CT molecular complexity index is 1060. The first-order valence-corrected chi connectivity index (χ1v) is 9.06. The molecule has 1 fully saturated rings. The van der Waals surface area contributed by atoms with Crippen molar-refractivity contribution in [1.29, 1.82) is 0 Å². The number of amides is 4. The Morgan fingerprint density at radius 2 is 1.79 bits per heavy atom. The van der Waals surface area contributed by atoms with Crippen molar-refractivity contribution in [3.63, 3.8) is 0 Å². The van der Waals surface area contributed by atoms with E-state index >= 15 is 0 Å². The third kappa shape index (κ3) is 3.11. The van der Waals surface area contributed by atoms with E-state index in [-0.39, 0.29) is 0 Å². The molecule has 0 radical (unpaired) electrons. The fourth-order valence-corrected chi connectivity index (χ4v) is 3.42. The first kappa shape index (κ1) is 17.8. The van der Waals surface area contributed by atoms with Crippen LogP contribution in [-0.2, 0) is 11.2 Å². The minimum Gasteiger partial charge on any atom is -0.360 e. The van der Waals surface area contributed by atoms with Crippen LogP contribution in [0.3, 0.4) is 0 Å². The summed E-state index contributed by atoms with van der Waals surface area (Å²) >= 11 is 0. The number of carbonyl (C=O) groups excluding carboxylic acids is 3. The molecule has 0 bridgehead atoms. The molecule has 4 rings (SSSR count). The average molecular weight is 376 g/mol. The number of urea groups is 1. The number of imide groups is 1. The average Bonchev–Trinajstić information content (AvgIpc) is 3.22. The molecule has 3 N–H and O–H groups in total. The van der Waals surface area contributed by atoms with Gasteiger partial charge in [0, 0.05) is 17.1 Å². The molecule has 1 aliphatic heterocycles. The number of nitrogens with zero attached hydrogens (tertiary/aromatic N) is 1. The number of hydrogen-bond acceptors (Lipinski definition) is 3. The molecule has 3 aromatic rings. The Morgan fingerprint density at radius 3 is 2.57 bits per heavy atom. The number of nitrogens with one attached hydrogen (secondary N) is 3. The van der Waals surface area contributed by atoms with E-state index in [2.05, 4.69) is 15.7 Å². The molecule has 142 valence electrons. The van der Waals surface area contributed by atoms with Gasteiger partial charge in [-0.2, -0.15) is 5.01 Å². The van der Waals surface area contributed by atoms with Crippen LogP contribution in [0.2, 0.25) is 0 Å². The quantitative estimate of drug-likeness (QED) is 0.598. The minimum absolute atomic E-state index is 0.370. The predicted octanol–water partition coefficient (Wildman–Crippen LogP) is 2.76. The number of fused-ring (bicyclic) bond motifs is 1. The van der Waals surface area contributed by atoms with Crippen LogP contribution in [0.15, 0.2) is 60.8 Å². The molecule has 2 aromatic carbocycles. The Balaban J connectivity index is 1.48. The summed E-state index contributed by atoms with van der Waals surface area (Å²) in [5.41, 5.74) is 3.62. The fourth-order valence-electron chi connectivity index (χ4n) is 3.42. The normalized spacial score (nSPS) is 19.1. The lowest BCUT2D eigenvalue weighted by molar-refractivity contribution is -0.132. The minimum atomic E-state index is -1.07. The summed E-state index contributed by atoms with van der Waals surface area (Å²) in [5.74, 6) is -0.991. The highest BCUT2D eigenvalue weighted by molar-refractivity contribution is 6.11. The number of aromatic nitrogens is 1. The summed E-state index contributed by atoms with van der Waals surface area (Å²) in [6, 6.07) is 16.4. The second-order valence-corrected chi connectivity index (χ2v) is 7.08. The molecule has 1 aromatic heterocycles. The van der Waals surface area contributed by atoms with E-state index in [0.29, 0.717) is 18.4 Å². The van der Waals surface area contributed by atoms with Crippen molar-refractivity contribution in [3.8, 4) is 0 Å².